The lowest BCUT2D eigenvalue weighted by Gasteiger charge is -2.61. The van der Waals surface area contributed by atoms with Crippen LogP contribution in [0.5, 0.6) is 0 Å². The van der Waals surface area contributed by atoms with Gasteiger partial charge >= 0.3 is 6.03 Å². The Balaban J connectivity index is 1.43. The number of anilines is 1. The number of piperidine rings is 1. The van der Waals surface area contributed by atoms with Gasteiger partial charge in [-0.1, -0.05) is 18.5 Å². The molecule has 1 aliphatic heterocycles. The van der Waals surface area contributed by atoms with E-state index in [2.05, 4.69) is 27.5 Å². The molecule has 0 unspecified atom stereocenters. The summed E-state index contributed by atoms with van der Waals surface area (Å²) in [6.07, 6.45) is 4.50. The zero-order valence-corrected chi connectivity index (χ0v) is 17.8. The monoisotopic (exact) mass is 426 g/mol. The maximum Gasteiger partial charge on any atom is 0.323 e. The van der Waals surface area contributed by atoms with Crippen molar-refractivity contribution in [2.75, 3.05) is 5.32 Å². The summed E-state index contributed by atoms with van der Waals surface area (Å²) in [6.45, 7) is 3.98. The smallest absolute Gasteiger partial charge is 0.323 e. The molecule has 2 aliphatic rings. The zero-order chi connectivity index (χ0) is 21.0. The molecule has 1 saturated heterocycles. The van der Waals surface area contributed by atoms with Crippen LogP contribution in [0.15, 0.2) is 34.9 Å². The van der Waals surface area contributed by atoms with Crippen molar-refractivity contribution in [2.24, 2.45) is 13.0 Å². The molecule has 30 heavy (non-hydrogen) atoms. The van der Waals surface area contributed by atoms with E-state index in [4.69, 9.17) is 16.0 Å². The van der Waals surface area contributed by atoms with Gasteiger partial charge in [0.05, 0.1) is 10.7 Å². The number of aryl methyl sites for hydroxylation is 2. The fraction of sp³-hybridized carbons (Fsp3) is 0.429. The Morgan fingerprint density at radius 2 is 2.13 bits per heavy atom. The standard InChI is InChI=1S/C21H23ClN6O2/c1-12-8-15-11-21(10-12,19-25-24-13(2)30-19)28(15)20(29)23-14-4-5-17(22)16(9-14)18-6-7-27(3)26-18/h4-7,9,12,15H,8,10-11H2,1-3H3,(H,23,29)/t12-,15-,21+/m1/s1. The number of rotatable bonds is 3. The van der Waals surface area contributed by atoms with Crippen molar-refractivity contribution >= 4 is 23.3 Å². The molecule has 2 fully saturated rings. The molecule has 3 aromatic rings. The molecule has 3 atom stereocenters. The fourth-order valence-electron chi connectivity index (χ4n) is 4.98. The van der Waals surface area contributed by atoms with Crippen molar-refractivity contribution in [3.05, 3.63) is 47.3 Å². The number of carbonyl (C=O) groups excluding carboxylic acids is 1. The van der Waals surface area contributed by atoms with Crippen LogP contribution in [0.25, 0.3) is 11.3 Å². The second kappa shape index (κ2) is 6.84. The first-order chi connectivity index (χ1) is 14.4. The number of hydrogen-bond donors (Lipinski definition) is 1. The molecule has 0 radical (unpaired) electrons. The van der Waals surface area contributed by atoms with E-state index in [-0.39, 0.29) is 12.1 Å². The summed E-state index contributed by atoms with van der Waals surface area (Å²) in [4.78, 5) is 15.2. The van der Waals surface area contributed by atoms with Gasteiger partial charge in [0.15, 0.2) is 0 Å². The van der Waals surface area contributed by atoms with Crippen molar-refractivity contribution in [2.45, 2.75) is 44.7 Å². The summed E-state index contributed by atoms with van der Waals surface area (Å²) in [5.41, 5.74) is 1.67. The van der Waals surface area contributed by atoms with Crippen LogP contribution in [-0.4, -0.2) is 37.0 Å². The van der Waals surface area contributed by atoms with E-state index in [1.165, 1.54) is 0 Å². The molecule has 1 aliphatic carbocycles. The molecule has 2 bridgehead atoms. The molecule has 1 N–H and O–H groups in total. The van der Waals surface area contributed by atoms with Crippen LogP contribution in [0.3, 0.4) is 0 Å². The van der Waals surface area contributed by atoms with Gasteiger partial charge in [0.2, 0.25) is 11.8 Å². The molecular formula is C21H23ClN6O2. The third-order valence-corrected chi connectivity index (χ3v) is 6.44. The molecular weight excluding hydrogens is 404 g/mol. The van der Waals surface area contributed by atoms with Crippen molar-refractivity contribution in [1.29, 1.82) is 0 Å². The Bertz CT molecular complexity index is 1120. The number of carbonyl (C=O) groups is 1. The molecule has 8 nitrogen and oxygen atoms in total. The Hall–Kier alpha value is -2.87. The maximum absolute atomic E-state index is 13.3. The molecule has 156 valence electrons. The number of benzene rings is 1. The Kier molecular flexibility index (Phi) is 4.36. The van der Waals surface area contributed by atoms with E-state index >= 15 is 0 Å². The van der Waals surface area contributed by atoms with Gasteiger partial charge in [-0.05, 0) is 43.0 Å². The lowest BCUT2D eigenvalue weighted by Crippen LogP contribution is -2.70. The van der Waals surface area contributed by atoms with Crippen molar-refractivity contribution in [1.82, 2.24) is 24.9 Å². The minimum Gasteiger partial charge on any atom is -0.423 e. The molecule has 2 aromatic heterocycles. The van der Waals surface area contributed by atoms with Gasteiger partial charge in [-0.3, -0.25) is 4.68 Å². The molecule has 1 aromatic carbocycles. The summed E-state index contributed by atoms with van der Waals surface area (Å²) in [5.74, 6) is 1.54. The predicted molar refractivity (Wildman–Crippen MR) is 112 cm³/mol. The van der Waals surface area contributed by atoms with Gasteiger partial charge in [0, 0.05) is 43.9 Å². The highest BCUT2D eigenvalue weighted by Crippen LogP contribution is 2.55. The topological polar surface area (TPSA) is 89.1 Å². The average molecular weight is 427 g/mol. The number of fused-ring (bicyclic) bond motifs is 2. The number of likely N-dealkylation sites (tertiary alicyclic amines) is 1. The van der Waals surface area contributed by atoms with Crippen LogP contribution < -0.4 is 5.32 Å². The molecule has 3 heterocycles. The first-order valence-electron chi connectivity index (χ1n) is 10.1. The van der Waals surface area contributed by atoms with E-state index < -0.39 is 5.54 Å². The number of urea groups is 1. The number of nitrogens with one attached hydrogen (secondary N) is 1. The normalized spacial score (nSPS) is 25.1. The van der Waals surface area contributed by atoms with Gasteiger partial charge in [0.1, 0.15) is 5.54 Å². The van der Waals surface area contributed by atoms with E-state index in [0.717, 1.165) is 30.5 Å². The van der Waals surface area contributed by atoms with Gasteiger partial charge in [-0.15, -0.1) is 10.2 Å². The largest absolute Gasteiger partial charge is 0.423 e. The van der Waals surface area contributed by atoms with Gasteiger partial charge in [0.25, 0.3) is 0 Å². The van der Waals surface area contributed by atoms with E-state index in [1.807, 2.05) is 30.3 Å². The summed E-state index contributed by atoms with van der Waals surface area (Å²) in [6, 6.07) is 7.32. The average Bonchev–Trinajstić information content (AvgIpc) is 3.31. The zero-order valence-electron chi connectivity index (χ0n) is 17.1. The van der Waals surface area contributed by atoms with Crippen molar-refractivity contribution in [3.8, 4) is 11.3 Å². The summed E-state index contributed by atoms with van der Waals surface area (Å²) >= 11 is 6.38. The number of halogens is 1. The van der Waals surface area contributed by atoms with Gasteiger partial charge < -0.3 is 14.6 Å². The number of amides is 2. The van der Waals surface area contributed by atoms with Crippen molar-refractivity contribution < 1.29 is 9.21 Å². The Labute approximate surface area is 179 Å². The minimum atomic E-state index is -0.524. The van der Waals surface area contributed by atoms with Crippen molar-refractivity contribution in [3.63, 3.8) is 0 Å². The quantitative estimate of drug-likeness (QED) is 0.671. The van der Waals surface area contributed by atoms with Crippen LogP contribution in [0.2, 0.25) is 5.02 Å². The van der Waals surface area contributed by atoms with Gasteiger partial charge in [-0.2, -0.15) is 5.10 Å². The van der Waals surface area contributed by atoms with E-state index in [0.29, 0.717) is 28.4 Å². The first-order valence-corrected chi connectivity index (χ1v) is 10.4. The Morgan fingerprint density at radius 1 is 1.30 bits per heavy atom. The van der Waals surface area contributed by atoms with E-state index in [1.54, 1.807) is 23.7 Å². The fourth-order valence-corrected chi connectivity index (χ4v) is 5.19. The van der Waals surface area contributed by atoms with Crippen LogP contribution in [0.1, 0.15) is 38.0 Å². The molecule has 5 rings (SSSR count). The number of nitrogens with zero attached hydrogens (tertiary/aromatic N) is 5. The number of hydrogen-bond acceptors (Lipinski definition) is 5. The number of aromatic nitrogens is 4. The lowest BCUT2D eigenvalue weighted by atomic mass is 9.64. The second-order valence-corrected chi connectivity index (χ2v) is 8.84. The highest BCUT2D eigenvalue weighted by molar-refractivity contribution is 6.33. The lowest BCUT2D eigenvalue weighted by molar-refractivity contribution is -0.110. The van der Waals surface area contributed by atoms with Crippen LogP contribution in [0, 0.1) is 12.8 Å². The summed E-state index contributed by atoms with van der Waals surface area (Å²) < 4.78 is 7.48. The van der Waals surface area contributed by atoms with Crippen LogP contribution in [0.4, 0.5) is 10.5 Å². The third kappa shape index (κ3) is 2.98. The highest BCUT2D eigenvalue weighted by atomic mass is 35.5. The second-order valence-electron chi connectivity index (χ2n) is 8.43. The molecule has 1 saturated carbocycles. The predicted octanol–water partition coefficient (Wildman–Crippen LogP) is 4.36. The molecule has 9 heteroatoms. The summed E-state index contributed by atoms with van der Waals surface area (Å²) in [5, 5.41) is 16.3. The van der Waals surface area contributed by atoms with E-state index in [9.17, 15) is 4.79 Å². The minimum absolute atomic E-state index is 0.164. The SMILES string of the molecule is Cc1nnc([C@]23C[C@H](C)C[C@H](C2)N3C(=O)Nc2ccc(Cl)c(-c3ccn(C)n3)c2)o1. The Morgan fingerprint density at radius 3 is 2.83 bits per heavy atom. The van der Waals surface area contributed by atoms with Crippen LogP contribution in [-0.2, 0) is 12.6 Å². The highest BCUT2D eigenvalue weighted by Gasteiger charge is 2.62. The molecule has 2 amide bonds. The third-order valence-electron chi connectivity index (χ3n) is 6.11. The maximum atomic E-state index is 13.3. The van der Waals surface area contributed by atoms with Gasteiger partial charge in [-0.25, -0.2) is 4.79 Å². The van der Waals surface area contributed by atoms with Crippen LogP contribution >= 0.6 is 11.6 Å². The molecule has 0 spiro atoms. The summed E-state index contributed by atoms with van der Waals surface area (Å²) in [7, 11) is 1.85. The first kappa shape index (κ1) is 19.1.